The molecular formula is C30H43N3O4. The number of nitrogens with zero attached hydrogens (tertiary/aromatic N) is 1. The first-order valence-corrected chi connectivity index (χ1v) is 12.8. The lowest BCUT2D eigenvalue weighted by atomic mass is 9.90. The lowest BCUT2D eigenvalue weighted by molar-refractivity contribution is -0.145. The van der Waals surface area contributed by atoms with E-state index in [1.54, 1.807) is 25.7 Å². The van der Waals surface area contributed by atoms with Crippen LogP contribution in [0.4, 0.5) is 10.5 Å². The molecule has 202 valence electrons. The van der Waals surface area contributed by atoms with Gasteiger partial charge in [-0.15, -0.1) is 0 Å². The SMILES string of the molecule is CCC(C)(C)N(C(=O)CNC(=O)OC(C)(C)C)C(C(=O)Nc1c(C)cccc1C)c1cccc(C)c1C. The van der Waals surface area contributed by atoms with Crippen LogP contribution in [-0.2, 0) is 14.3 Å². The highest BCUT2D eigenvalue weighted by atomic mass is 16.6. The van der Waals surface area contributed by atoms with Crippen LogP contribution in [0, 0.1) is 27.7 Å². The predicted molar refractivity (Wildman–Crippen MR) is 149 cm³/mol. The van der Waals surface area contributed by atoms with Gasteiger partial charge in [0.15, 0.2) is 0 Å². The van der Waals surface area contributed by atoms with Crippen LogP contribution in [0.25, 0.3) is 0 Å². The molecule has 0 spiro atoms. The van der Waals surface area contributed by atoms with Crippen molar-refractivity contribution in [2.75, 3.05) is 11.9 Å². The zero-order valence-electron chi connectivity index (χ0n) is 24.0. The molecule has 0 aliphatic heterocycles. The third-order valence-corrected chi connectivity index (χ3v) is 6.75. The van der Waals surface area contributed by atoms with E-state index in [0.29, 0.717) is 6.42 Å². The van der Waals surface area contributed by atoms with E-state index in [0.717, 1.165) is 33.5 Å². The van der Waals surface area contributed by atoms with Crippen LogP contribution in [0.5, 0.6) is 0 Å². The van der Waals surface area contributed by atoms with Gasteiger partial charge >= 0.3 is 6.09 Å². The van der Waals surface area contributed by atoms with Gasteiger partial charge in [0.2, 0.25) is 5.91 Å². The molecule has 1 atom stereocenters. The van der Waals surface area contributed by atoms with Crippen LogP contribution in [0.15, 0.2) is 36.4 Å². The fraction of sp³-hybridized carbons (Fsp3) is 0.500. The molecule has 3 amide bonds. The smallest absolute Gasteiger partial charge is 0.408 e. The number of hydrogen-bond donors (Lipinski definition) is 2. The topological polar surface area (TPSA) is 87.7 Å². The van der Waals surface area contributed by atoms with Crippen LogP contribution < -0.4 is 10.6 Å². The van der Waals surface area contributed by atoms with Crippen molar-refractivity contribution < 1.29 is 19.1 Å². The van der Waals surface area contributed by atoms with Gasteiger partial charge < -0.3 is 20.3 Å². The zero-order valence-corrected chi connectivity index (χ0v) is 24.0. The number of carbonyl (C=O) groups is 3. The summed E-state index contributed by atoms with van der Waals surface area (Å²) in [4.78, 5) is 41.8. The number of ether oxygens (including phenoxy) is 1. The Morgan fingerprint density at radius 1 is 0.892 bits per heavy atom. The van der Waals surface area contributed by atoms with E-state index < -0.39 is 23.3 Å². The van der Waals surface area contributed by atoms with Crippen LogP contribution in [0.3, 0.4) is 0 Å². The molecule has 0 aliphatic rings. The summed E-state index contributed by atoms with van der Waals surface area (Å²) >= 11 is 0. The van der Waals surface area contributed by atoms with Crippen molar-refractivity contribution in [2.24, 2.45) is 0 Å². The van der Waals surface area contributed by atoms with Crippen molar-refractivity contribution in [3.05, 3.63) is 64.2 Å². The van der Waals surface area contributed by atoms with Gasteiger partial charge in [-0.2, -0.15) is 0 Å². The molecule has 7 nitrogen and oxygen atoms in total. The number of amides is 3. The molecule has 0 fully saturated rings. The number of anilines is 1. The minimum Gasteiger partial charge on any atom is -0.444 e. The molecule has 0 bridgehead atoms. The largest absolute Gasteiger partial charge is 0.444 e. The average Bonchev–Trinajstić information content (AvgIpc) is 2.79. The van der Waals surface area contributed by atoms with Crippen molar-refractivity contribution in [3.8, 4) is 0 Å². The molecular weight excluding hydrogens is 466 g/mol. The number of rotatable bonds is 8. The van der Waals surface area contributed by atoms with Crippen LogP contribution in [0.2, 0.25) is 0 Å². The number of benzene rings is 2. The highest BCUT2D eigenvalue weighted by Gasteiger charge is 2.41. The molecule has 0 heterocycles. The summed E-state index contributed by atoms with van der Waals surface area (Å²) in [6.07, 6.45) is -0.0816. The van der Waals surface area contributed by atoms with Crippen molar-refractivity contribution in [1.82, 2.24) is 10.2 Å². The summed E-state index contributed by atoms with van der Waals surface area (Å²) in [6, 6.07) is 10.7. The van der Waals surface area contributed by atoms with Crippen LogP contribution in [-0.4, -0.2) is 40.5 Å². The lowest BCUT2D eigenvalue weighted by Gasteiger charge is -2.43. The maximum Gasteiger partial charge on any atom is 0.408 e. The molecule has 2 N–H and O–H groups in total. The van der Waals surface area contributed by atoms with Gasteiger partial charge in [0.1, 0.15) is 18.2 Å². The Kier molecular flexibility index (Phi) is 9.53. The minimum atomic E-state index is -0.915. The standard InChI is InChI=1S/C30H43N3O4/c1-11-30(9,10)33(24(34)18-31-28(36)37-29(6,7)8)26(23-17-13-14-19(2)22(23)5)27(35)32-25-20(3)15-12-16-21(25)4/h12-17,26H,11,18H2,1-10H3,(H,31,36)(H,32,35). The Bertz CT molecular complexity index is 1130. The second-order valence-corrected chi connectivity index (χ2v) is 11.2. The predicted octanol–water partition coefficient (Wildman–Crippen LogP) is 6.14. The first kappa shape index (κ1) is 29.9. The third kappa shape index (κ3) is 7.57. The van der Waals surface area contributed by atoms with Crippen molar-refractivity contribution in [3.63, 3.8) is 0 Å². The van der Waals surface area contributed by atoms with Gasteiger partial charge in [0.05, 0.1) is 0 Å². The van der Waals surface area contributed by atoms with E-state index in [1.807, 2.05) is 84.9 Å². The van der Waals surface area contributed by atoms with Gasteiger partial charge in [0, 0.05) is 11.2 Å². The second kappa shape index (κ2) is 11.8. The Labute approximate surface area is 222 Å². The molecule has 0 radical (unpaired) electrons. The number of para-hydroxylation sites is 1. The van der Waals surface area contributed by atoms with Crippen LogP contribution in [0.1, 0.15) is 81.8 Å². The van der Waals surface area contributed by atoms with Crippen molar-refractivity contribution in [2.45, 2.75) is 92.8 Å². The van der Waals surface area contributed by atoms with Gasteiger partial charge in [-0.05, 0) is 96.6 Å². The quantitative estimate of drug-likeness (QED) is 0.447. The van der Waals surface area contributed by atoms with E-state index >= 15 is 0 Å². The zero-order chi connectivity index (χ0) is 28.1. The van der Waals surface area contributed by atoms with E-state index in [1.165, 1.54) is 0 Å². The normalized spacial score (nSPS) is 12.5. The van der Waals surface area contributed by atoms with E-state index in [4.69, 9.17) is 4.74 Å². The van der Waals surface area contributed by atoms with Gasteiger partial charge in [-0.3, -0.25) is 9.59 Å². The lowest BCUT2D eigenvalue weighted by Crippen LogP contribution is -2.55. The second-order valence-electron chi connectivity index (χ2n) is 11.2. The van der Waals surface area contributed by atoms with E-state index in [9.17, 15) is 14.4 Å². The first-order valence-electron chi connectivity index (χ1n) is 12.8. The monoisotopic (exact) mass is 509 g/mol. The number of aryl methyl sites for hydroxylation is 3. The highest BCUT2D eigenvalue weighted by Crippen LogP contribution is 2.35. The van der Waals surface area contributed by atoms with Crippen molar-refractivity contribution >= 4 is 23.6 Å². The Hall–Kier alpha value is -3.35. The molecule has 1 unspecified atom stereocenters. The molecule has 0 aliphatic carbocycles. The summed E-state index contributed by atoms with van der Waals surface area (Å²) in [7, 11) is 0. The molecule has 2 aromatic carbocycles. The molecule has 0 saturated carbocycles. The van der Waals surface area contributed by atoms with E-state index in [-0.39, 0.29) is 18.4 Å². The van der Waals surface area contributed by atoms with Gasteiger partial charge in [-0.1, -0.05) is 43.3 Å². The first-order chi connectivity index (χ1) is 17.1. The number of nitrogens with one attached hydrogen (secondary N) is 2. The third-order valence-electron chi connectivity index (χ3n) is 6.75. The Morgan fingerprint density at radius 2 is 1.43 bits per heavy atom. The highest BCUT2D eigenvalue weighted by molar-refractivity contribution is 5.99. The van der Waals surface area contributed by atoms with E-state index in [2.05, 4.69) is 10.6 Å². The minimum absolute atomic E-state index is 0.295. The average molecular weight is 510 g/mol. The fourth-order valence-corrected chi connectivity index (χ4v) is 4.22. The summed E-state index contributed by atoms with van der Waals surface area (Å²) < 4.78 is 5.31. The molecule has 2 aromatic rings. The van der Waals surface area contributed by atoms with Crippen molar-refractivity contribution in [1.29, 1.82) is 0 Å². The Morgan fingerprint density at radius 3 is 1.97 bits per heavy atom. The molecule has 0 aromatic heterocycles. The fourth-order valence-electron chi connectivity index (χ4n) is 4.22. The molecule has 0 saturated heterocycles. The van der Waals surface area contributed by atoms with Gasteiger partial charge in [0.25, 0.3) is 5.91 Å². The molecule has 37 heavy (non-hydrogen) atoms. The summed E-state index contributed by atoms with van der Waals surface area (Å²) in [5, 5.41) is 5.68. The summed E-state index contributed by atoms with van der Waals surface area (Å²) in [5.74, 6) is -0.682. The maximum absolute atomic E-state index is 14.1. The Balaban J connectivity index is 2.58. The summed E-state index contributed by atoms with van der Waals surface area (Å²) in [5.41, 5.74) is 3.94. The number of carbonyl (C=O) groups excluding carboxylic acids is 3. The molecule has 2 rings (SSSR count). The summed E-state index contributed by atoms with van der Waals surface area (Å²) in [6.45, 7) is 18.7. The number of hydrogen-bond acceptors (Lipinski definition) is 4. The van der Waals surface area contributed by atoms with Gasteiger partial charge in [-0.25, -0.2) is 4.79 Å². The van der Waals surface area contributed by atoms with Crippen LogP contribution >= 0.6 is 0 Å². The maximum atomic E-state index is 14.1. The molecule has 7 heteroatoms. The number of alkyl carbamates (subject to hydrolysis) is 1.